The van der Waals surface area contributed by atoms with Gasteiger partial charge in [-0.2, -0.15) is 0 Å². The van der Waals surface area contributed by atoms with Crippen LogP contribution in [0.3, 0.4) is 0 Å². The van der Waals surface area contributed by atoms with Crippen molar-refractivity contribution >= 4 is 15.9 Å². The molecule has 3 aromatic rings. The lowest BCUT2D eigenvalue weighted by Crippen LogP contribution is -2.48. The zero-order valence-corrected chi connectivity index (χ0v) is 18.9. The van der Waals surface area contributed by atoms with Gasteiger partial charge in [0.25, 0.3) is 0 Å². The lowest BCUT2D eigenvalue weighted by Gasteiger charge is -2.59. The van der Waals surface area contributed by atoms with Crippen molar-refractivity contribution in [1.29, 1.82) is 0 Å². The monoisotopic (exact) mass is 454 g/mol. The molecule has 0 saturated heterocycles. The van der Waals surface area contributed by atoms with Gasteiger partial charge in [-0.05, 0) is 113 Å². The lowest BCUT2D eigenvalue weighted by molar-refractivity contribution is -0.0612. The average molecular weight is 455 g/mol. The molecule has 0 amide bonds. The van der Waals surface area contributed by atoms with E-state index in [4.69, 9.17) is 0 Å². The molecule has 0 heterocycles. The van der Waals surface area contributed by atoms with Gasteiger partial charge in [0.2, 0.25) is 0 Å². The van der Waals surface area contributed by atoms with E-state index in [2.05, 4.69) is 82.7 Å². The first-order chi connectivity index (χ1) is 14.7. The van der Waals surface area contributed by atoms with Crippen LogP contribution in [0.1, 0.15) is 55.6 Å². The van der Waals surface area contributed by atoms with Gasteiger partial charge < -0.3 is 0 Å². The van der Waals surface area contributed by atoms with Gasteiger partial charge in [0.1, 0.15) is 0 Å². The summed E-state index contributed by atoms with van der Waals surface area (Å²) in [5.74, 6) is 3.55. The van der Waals surface area contributed by atoms with Crippen LogP contribution in [0.25, 0.3) is 22.3 Å². The summed E-state index contributed by atoms with van der Waals surface area (Å²) >= 11 is 3.59. The van der Waals surface area contributed by atoms with Crippen molar-refractivity contribution in [3.05, 3.63) is 82.3 Å². The first kappa shape index (κ1) is 17.8. The highest BCUT2D eigenvalue weighted by Crippen LogP contribution is 2.68. The van der Waals surface area contributed by atoms with E-state index in [9.17, 15) is 0 Å². The van der Waals surface area contributed by atoms with Crippen LogP contribution in [0, 0.1) is 23.2 Å². The van der Waals surface area contributed by atoms with Crippen molar-refractivity contribution in [3.8, 4) is 22.3 Å². The van der Waals surface area contributed by atoms with Gasteiger partial charge in [0.15, 0.2) is 0 Å². The first-order valence-corrected chi connectivity index (χ1v) is 12.5. The molecule has 1 atom stereocenters. The average Bonchev–Trinajstić information content (AvgIpc) is 3.08. The van der Waals surface area contributed by atoms with E-state index < -0.39 is 0 Å². The van der Waals surface area contributed by atoms with Gasteiger partial charge in [-0.1, -0.05) is 64.5 Å². The van der Waals surface area contributed by atoms with Crippen LogP contribution in [-0.2, 0) is 0 Å². The van der Waals surface area contributed by atoms with E-state index in [0.717, 1.165) is 22.2 Å². The summed E-state index contributed by atoms with van der Waals surface area (Å²) in [4.78, 5) is 0. The fourth-order valence-corrected chi connectivity index (χ4v) is 8.49. The predicted octanol–water partition coefficient (Wildman–Crippen LogP) is 8.44. The second-order valence-electron chi connectivity index (χ2n) is 10.6. The van der Waals surface area contributed by atoms with Crippen LogP contribution in [0.4, 0.5) is 0 Å². The largest absolute Gasteiger partial charge is 0.0619 e. The summed E-state index contributed by atoms with van der Waals surface area (Å²) in [6.45, 7) is 0. The van der Waals surface area contributed by atoms with Crippen molar-refractivity contribution in [2.24, 2.45) is 23.2 Å². The fourth-order valence-electron chi connectivity index (χ4n) is 8.22. The molecule has 1 heteroatoms. The summed E-state index contributed by atoms with van der Waals surface area (Å²) in [6, 6.07) is 25.4. The van der Waals surface area contributed by atoms with Crippen LogP contribution in [-0.4, -0.2) is 0 Å². The predicted molar refractivity (Wildman–Crippen MR) is 127 cm³/mol. The van der Waals surface area contributed by atoms with Crippen LogP contribution in [0.15, 0.2) is 71.2 Å². The molecule has 0 aliphatic heterocycles. The Hall–Kier alpha value is -1.86. The van der Waals surface area contributed by atoms with E-state index in [-0.39, 0.29) is 0 Å². The maximum atomic E-state index is 3.59. The smallest absolute Gasteiger partial charge is 0.0175 e. The molecule has 30 heavy (non-hydrogen) atoms. The lowest BCUT2D eigenvalue weighted by atomic mass is 9.45. The molecule has 1 unspecified atom stereocenters. The first-order valence-electron chi connectivity index (χ1n) is 11.7. The minimum Gasteiger partial charge on any atom is -0.0619 e. The second-order valence-corrected chi connectivity index (χ2v) is 11.5. The third-order valence-corrected chi connectivity index (χ3v) is 9.33. The van der Waals surface area contributed by atoms with Crippen LogP contribution in [0.2, 0.25) is 0 Å². The van der Waals surface area contributed by atoms with E-state index >= 15 is 0 Å². The van der Waals surface area contributed by atoms with E-state index in [1.165, 1.54) is 60.8 Å². The molecule has 0 aromatic heterocycles. The molecule has 5 aliphatic carbocycles. The summed E-state index contributed by atoms with van der Waals surface area (Å²) in [5, 5.41) is 0. The van der Waals surface area contributed by atoms with Gasteiger partial charge in [-0.15, -0.1) is 0 Å². The van der Waals surface area contributed by atoms with Gasteiger partial charge in [-0.25, -0.2) is 0 Å². The molecule has 5 aliphatic rings. The fraction of sp³-hybridized carbons (Fsp3) is 0.379. The summed E-state index contributed by atoms with van der Waals surface area (Å²) in [6.07, 6.45) is 8.91. The van der Waals surface area contributed by atoms with Crippen LogP contribution < -0.4 is 0 Å². The molecule has 4 bridgehead atoms. The quantitative estimate of drug-likeness (QED) is 0.364. The molecule has 0 radical (unpaired) electrons. The van der Waals surface area contributed by atoms with Gasteiger partial charge in [-0.3, -0.25) is 0 Å². The number of halogens is 1. The minimum atomic E-state index is 0.494. The zero-order valence-electron chi connectivity index (χ0n) is 17.3. The Bertz CT molecular complexity index is 1100. The van der Waals surface area contributed by atoms with Crippen LogP contribution in [0.5, 0.6) is 0 Å². The Morgan fingerprint density at radius 3 is 1.93 bits per heavy atom. The van der Waals surface area contributed by atoms with Crippen molar-refractivity contribution in [1.82, 2.24) is 0 Å². The van der Waals surface area contributed by atoms with E-state index in [0.29, 0.717) is 11.3 Å². The maximum Gasteiger partial charge on any atom is 0.0175 e. The second kappa shape index (κ2) is 6.33. The Kier molecular flexibility index (Phi) is 3.75. The molecule has 0 spiro atoms. The number of hydrogen-bond donors (Lipinski definition) is 0. The topological polar surface area (TPSA) is 0 Å². The summed E-state index contributed by atoms with van der Waals surface area (Å²) < 4.78 is 1.14. The number of hydrogen-bond acceptors (Lipinski definition) is 0. The Morgan fingerprint density at radius 2 is 1.23 bits per heavy atom. The Morgan fingerprint density at radius 1 is 0.633 bits per heavy atom. The van der Waals surface area contributed by atoms with Crippen molar-refractivity contribution < 1.29 is 0 Å². The standard InChI is InChI=1S/C29H27Br/c30-23-8-5-21(6-9-23)22-7-10-25-24-3-1-2-4-26(24)28(27(25)14-22)29-15-18-11-19(16-29)13-20(12-18)17-29/h1-10,14,18-20,28H,11-13,15-17H2. The molecule has 3 aromatic carbocycles. The molecule has 150 valence electrons. The molecule has 4 fully saturated rings. The Labute approximate surface area is 187 Å². The summed E-state index contributed by atoms with van der Waals surface area (Å²) in [5.41, 5.74) is 9.39. The molecule has 0 N–H and O–H groups in total. The third kappa shape index (κ3) is 2.51. The summed E-state index contributed by atoms with van der Waals surface area (Å²) in [7, 11) is 0. The number of benzene rings is 3. The highest BCUT2D eigenvalue weighted by molar-refractivity contribution is 9.10. The molecule has 4 saturated carbocycles. The van der Waals surface area contributed by atoms with Gasteiger partial charge in [0, 0.05) is 10.4 Å². The molecular weight excluding hydrogens is 428 g/mol. The highest BCUT2D eigenvalue weighted by atomic mass is 79.9. The van der Waals surface area contributed by atoms with E-state index in [1.807, 2.05) is 0 Å². The molecule has 0 nitrogen and oxygen atoms in total. The maximum absolute atomic E-state index is 3.59. The highest BCUT2D eigenvalue weighted by Gasteiger charge is 2.56. The molecular formula is C29H27Br. The van der Waals surface area contributed by atoms with Gasteiger partial charge in [0.05, 0.1) is 0 Å². The normalized spacial score (nSPS) is 32.8. The van der Waals surface area contributed by atoms with Crippen molar-refractivity contribution in [2.75, 3.05) is 0 Å². The van der Waals surface area contributed by atoms with Crippen molar-refractivity contribution in [2.45, 2.75) is 44.4 Å². The van der Waals surface area contributed by atoms with E-state index in [1.54, 1.807) is 11.1 Å². The molecule has 8 rings (SSSR count). The zero-order chi connectivity index (χ0) is 19.9. The van der Waals surface area contributed by atoms with Gasteiger partial charge >= 0.3 is 0 Å². The number of rotatable bonds is 2. The third-order valence-electron chi connectivity index (χ3n) is 8.80. The number of fused-ring (bicyclic) bond motifs is 3. The minimum absolute atomic E-state index is 0.494. The SMILES string of the molecule is Brc1ccc(-c2ccc3c(c2)C(C24CC5CC(CC(C5)C2)C4)c2ccccc2-3)cc1. The van der Waals surface area contributed by atoms with Crippen LogP contribution >= 0.6 is 15.9 Å². The Balaban J connectivity index is 1.41. The van der Waals surface area contributed by atoms with Crippen molar-refractivity contribution in [3.63, 3.8) is 0 Å².